The topological polar surface area (TPSA) is 37.8 Å². The Labute approximate surface area is 84.8 Å². The summed E-state index contributed by atoms with van der Waals surface area (Å²) in [5, 5.41) is 2.84. The lowest BCUT2D eigenvalue weighted by atomic mass is 10.3. The third kappa shape index (κ3) is 2.25. The smallest absolute Gasteiger partial charge is 0.160 e. The van der Waals surface area contributed by atoms with E-state index in [4.69, 9.17) is 0 Å². The lowest BCUT2D eigenvalue weighted by Crippen LogP contribution is -1.93. The van der Waals surface area contributed by atoms with Gasteiger partial charge in [0.05, 0.1) is 18.1 Å². The molecule has 0 bridgehead atoms. The van der Waals surface area contributed by atoms with Crippen molar-refractivity contribution in [3.8, 4) is 0 Å². The van der Waals surface area contributed by atoms with E-state index in [0.29, 0.717) is 11.4 Å². The summed E-state index contributed by atoms with van der Waals surface area (Å²) in [5.74, 6) is -1.76. The second-order valence-electron chi connectivity index (χ2n) is 2.88. The molecule has 3 nitrogen and oxygen atoms in total. The molecular formula is C10H7F2N3. The van der Waals surface area contributed by atoms with Crippen molar-refractivity contribution >= 4 is 11.4 Å². The number of rotatable bonds is 2. The van der Waals surface area contributed by atoms with Gasteiger partial charge in [-0.05, 0) is 12.1 Å². The number of hydrogen-bond acceptors (Lipinski definition) is 3. The molecule has 76 valence electrons. The Hall–Kier alpha value is -2.04. The number of benzene rings is 1. The predicted octanol–water partition coefficient (Wildman–Crippen LogP) is 2.50. The summed E-state index contributed by atoms with van der Waals surface area (Å²) in [6.07, 6.45) is 4.46. The van der Waals surface area contributed by atoms with E-state index >= 15 is 0 Å². The third-order valence-corrected chi connectivity index (χ3v) is 1.77. The minimum absolute atomic E-state index is 0.448. The standard InChI is InChI=1S/C10H7F2N3/c11-9-2-1-7(3-10(9)12)15-8-4-13-6-14-5-8/h1-6,15H. The fraction of sp³-hybridized carbons (Fsp3) is 0. The van der Waals surface area contributed by atoms with Crippen LogP contribution in [0.3, 0.4) is 0 Å². The first-order valence-electron chi connectivity index (χ1n) is 4.23. The highest BCUT2D eigenvalue weighted by atomic mass is 19.2. The molecular weight excluding hydrogens is 200 g/mol. The van der Waals surface area contributed by atoms with Crippen LogP contribution in [0.4, 0.5) is 20.2 Å². The van der Waals surface area contributed by atoms with Gasteiger partial charge in [-0.2, -0.15) is 0 Å². The molecule has 1 heterocycles. The highest BCUT2D eigenvalue weighted by molar-refractivity contribution is 5.57. The van der Waals surface area contributed by atoms with Crippen LogP contribution in [0.2, 0.25) is 0 Å². The zero-order valence-electron chi connectivity index (χ0n) is 7.61. The van der Waals surface area contributed by atoms with Gasteiger partial charge in [0, 0.05) is 11.8 Å². The first-order chi connectivity index (χ1) is 7.25. The van der Waals surface area contributed by atoms with Crippen molar-refractivity contribution in [2.45, 2.75) is 0 Å². The first-order valence-corrected chi connectivity index (χ1v) is 4.23. The van der Waals surface area contributed by atoms with Gasteiger partial charge >= 0.3 is 0 Å². The monoisotopic (exact) mass is 207 g/mol. The fourth-order valence-electron chi connectivity index (χ4n) is 1.10. The second kappa shape index (κ2) is 4.00. The highest BCUT2D eigenvalue weighted by Crippen LogP contribution is 2.17. The average Bonchev–Trinajstić information content (AvgIpc) is 2.25. The van der Waals surface area contributed by atoms with Gasteiger partial charge in [-0.1, -0.05) is 0 Å². The van der Waals surface area contributed by atoms with Crippen LogP contribution in [-0.4, -0.2) is 9.97 Å². The molecule has 15 heavy (non-hydrogen) atoms. The summed E-state index contributed by atoms with van der Waals surface area (Å²) in [6, 6.07) is 3.56. The van der Waals surface area contributed by atoms with Gasteiger partial charge in [0.1, 0.15) is 6.33 Å². The molecule has 1 N–H and O–H groups in total. The third-order valence-electron chi connectivity index (χ3n) is 1.77. The first kappa shape index (κ1) is 9.51. The van der Waals surface area contributed by atoms with Crippen LogP contribution in [0, 0.1) is 11.6 Å². The van der Waals surface area contributed by atoms with Crippen LogP contribution in [0.5, 0.6) is 0 Å². The summed E-state index contributed by atoms with van der Waals surface area (Å²) in [5.41, 5.74) is 1.06. The number of halogens is 2. The quantitative estimate of drug-likeness (QED) is 0.822. The molecule has 2 rings (SSSR count). The number of aromatic nitrogens is 2. The largest absolute Gasteiger partial charge is 0.353 e. The minimum atomic E-state index is -0.892. The lowest BCUT2D eigenvalue weighted by molar-refractivity contribution is 0.509. The number of nitrogens with zero attached hydrogens (tertiary/aromatic N) is 2. The van der Waals surface area contributed by atoms with Gasteiger partial charge in [0.15, 0.2) is 11.6 Å². The van der Waals surface area contributed by atoms with Gasteiger partial charge in [-0.25, -0.2) is 18.7 Å². The van der Waals surface area contributed by atoms with E-state index in [0.717, 1.165) is 12.1 Å². The maximum atomic E-state index is 12.8. The van der Waals surface area contributed by atoms with Crippen molar-refractivity contribution in [2.24, 2.45) is 0 Å². The molecule has 0 amide bonds. The molecule has 0 spiro atoms. The molecule has 0 saturated carbocycles. The van der Waals surface area contributed by atoms with Crippen molar-refractivity contribution in [1.82, 2.24) is 9.97 Å². The van der Waals surface area contributed by atoms with E-state index in [1.807, 2.05) is 0 Å². The van der Waals surface area contributed by atoms with E-state index in [1.54, 1.807) is 0 Å². The normalized spacial score (nSPS) is 10.0. The Bertz CT molecular complexity index is 459. The van der Waals surface area contributed by atoms with E-state index in [1.165, 1.54) is 24.8 Å². The summed E-state index contributed by atoms with van der Waals surface area (Å²) >= 11 is 0. The second-order valence-corrected chi connectivity index (χ2v) is 2.88. The molecule has 1 aromatic heterocycles. The molecule has 0 radical (unpaired) electrons. The van der Waals surface area contributed by atoms with Gasteiger partial charge in [0.2, 0.25) is 0 Å². The van der Waals surface area contributed by atoms with Gasteiger partial charge in [-0.15, -0.1) is 0 Å². The predicted molar refractivity (Wildman–Crippen MR) is 51.7 cm³/mol. The van der Waals surface area contributed by atoms with Crippen molar-refractivity contribution in [2.75, 3.05) is 5.32 Å². The van der Waals surface area contributed by atoms with E-state index in [9.17, 15) is 8.78 Å². The van der Waals surface area contributed by atoms with Crippen LogP contribution in [0.15, 0.2) is 36.9 Å². The maximum Gasteiger partial charge on any atom is 0.160 e. The van der Waals surface area contributed by atoms with Crippen LogP contribution in [0.25, 0.3) is 0 Å². The van der Waals surface area contributed by atoms with Crippen LogP contribution in [-0.2, 0) is 0 Å². The summed E-state index contributed by atoms with van der Waals surface area (Å²) in [6.45, 7) is 0. The van der Waals surface area contributed by atoms with E-state index in [-0.39, 0.29) is 0 Å². The number of nitrogens with one attached hydrogen (secondary N) is 1. The van der Waals surface area contributed by atoms with Crippen LogP contribution in [0.1, 0.15) is 0 Å². The fourth-order valence-corrected chi connectivity index (χ4v) is 1.10. The number of hydrogen-bond donors (Lipinski definition) is 1. The van der Waals surface area contributed by atoms with Crippen molar-refractivity contribution < 1.29 is 8.78 Å². The van der Waals surface area contributed by atoms with Gasteiger partial charge in [0.25, 0.3) is 0 Å². The Morgan fingerprint density at radius 1 is 0.933 bits per heavy atom. The zero-order valence-corrected chi connectivity index (χ0v) is 7.61. The Morgan fingerprint density at radius 2 is 1.67 bits per heavy atom. The molecule has 0 atom stereocenters. The summed E-state index contributed by atoms with van der Waals surface area (Å²) in [7, 11) is 0. The Morgan fingerprint density at radius 3 is 2.33 bits per heavy atom. The molecule has 0 aliphatic heterocycles. The zero-order chi connectivity index (χ0) is 10.7. The maximum absolute atomic E-state index is 12.8. The van der Waals surface area contributed by atoms with E-state index in [2.05, 4.69) is 15.3 Å². The molecule has 2 aromatic rings. The summed E-state index contributed by atoms with van der Waals surface area (Å²) < 4.78 is 25.4. The van der Waals surface area contributed by atoms with Gasteiger partial charge < -0.3 is 5.32 Å². The van der Waals surface area contributed by atoms with Crippen molar-refractivity contribution in [1.29, 1.82) is 0 Å². The average molecular weight is 207 g/mol. The van der Waals surface area contributed by atoms with Crippen molar-refractivity contribution in [3.63, 3.8) is 0 Å². The molecule has 0 aliphatic rings. The molecule has 0 fully saturated rings. The molecule has 0 saturated heterocycles. The molecule has 0 unspecified atom stereocenters. The molecule has 1 aromatic carbocycles. The highest BCUT2D eigenvalue weighted by Gasteiger charge is 2.02. The minimum Gasteiger partial charge on any atom is -0.353 e. The Kier molecular flexibility index (Phi) is 2.53. The summed E-state index contributed by atoms with van der Waals surface area (Å²) in [4.78, 5) is 7.56. The Balaban J connectivity index is 2.22. The lowest BCUT2D eigenvalue weighted by Gasteiger charge is -2.04. The molecule has 5 heteroatoms. The van der Waals surface area contributed by atoms with Gasteiger partial charge in [-0.3, -0.25) is 0 Å². The van der Waals surface area contributed by atoms with Crippen molar-refractivity contribution in [3.05, 3.63) is 48.6 Å². The molecule has 0 aliphatic carbocycles. The SMILES string of the molecule is Fc1ccc(Nc2cncnc2)cc1F. The number of anilines is 2. The van der Waals surface area contributed by atoms with E-state index < -0.39 is 11.6 Å². The van der Waals surface area contributed by atoms with Crippen LogP contribution >= 0.6 is 0 Å². The van der Waals surface area contributed by atoms with Crippen LogP contribution < -0.4 is 5.32 Å².